The molecule has 152 valence electrons. The Kier molecular flexibility index (Phi) is 8.99. The Bertz CT molecular complexity index is 501. The standard InChI is InChI=1S/C18H34O7Si/c1-10-22-16(21)23-14(19)11-13(12-15(20)24-17(2,3)4)25-26(8,9)18(5,6)7/h13H,10-12H2,1-9H3. The van der Waals surface area contributed by atoms with E-state index in [0.29, 0.717) is 0 Å². The Morgan fingerprint density at radius 2 is 1.42 bits per heavy atom. The fourth-order valence-electron chi connectivity index (χ4n) is 1.79. The number of esters is 2. The molecule has 0 aromatic rings. The van der Waals surface area contributed by atoms with Gasteiger partial charge in [0, 0.05) is 0 Å². The molecule has 0 rings (SSSR count). The average molecular weight is 391 g/mol. The molecule has 1 atom stereocenters. The summed E-state index contributed by atoms with van der Waals surface area (Å²) in [5.41, 5.74) is -0.635. The second-order valence-electron chi connectivity index (χ2n) is 8.65. The summed E-state index contributed by atoms with van der Waals surface area (Å²) in [6.07, 6.45) is -2.11. The molecule has 0 heterocycles. The number of ether oxygens (including phenoxy) is 3. The van der Waals surface area contributed by atoms with Gasteiger partial charge in [0.25, 0.3) is 0 Å². The highest BCUT2D eigenvalue weighted by molar-refractivity contribution is 6.74. The molecule has 0 aliphatic carbocycles. The van der Waals surface area contributed by atoms with E-state index in [9.17, 15) is 14.4 Å². The lowest BCUT2D eigenvalue weighted by molar-refractivity contribution is -0.157. The van der Waals surface area contributed by atoms with Gasteiger partial charge in [-0.1, -0.05) is 20.8 Å². The fraction of sp³-hybridized carbons (Fsp3) is 0.833. The van der Waals surface area contributed by atoms with Crippen LogP contribution >= 0.6 is 0 Å². The molecule has 0 spiro atoms. The smallest absolute Gasteiger partial charge is 0.460 e. The first-order chi connectivity index (χ1) is 11.6. The lowest BCUT2D eigenvalue weighted by atomic mass is 10.1. The van der Waals surface area contributed by atoms with Gasteiger partial charge in [0.05, 0.1) is 25.6 Å². The van der Waals surface area contributed by atoms with Crippen molar-refractivity contribution in [1.82, 2.24) is 0 Å². The van der Waals surface area contributed by atoms with Crippen molar-refractivity contribution in [2.45, 2.75) is 91.1 Å². The van der Waals surface area contributed by atoms with E-state index < -0.39 is 38.1 Å². The zero-order chi connectivity index (χ0) is 20.8. The van der Waals surface area contributed by atoms with Crippen LogP contribution in [0.1, 0.15) is 61.3 Å². The summed E-state index contributed by atoms with van der Waals surface area (Å²) < 4.78 is 20.7. The highest BCUT2D eigenvalue weighted by Crippen LogP contribution is 2.38. The van der Waals surface area contributed by atoms with Crippen LogP contribution in [-0.2, 0) is 28.2 Å². The van der Waals surface area contributed by atoms with Crippen molar-refractivity contribution in [3.05, 3.63) is 0 Å². The van der Waals surface area contributed by atoms with Gasteiger partial charge < -0.3 is 18.6 Å². The topological polar surface area (TPSA) is 88.1 Å². The maximum Gasteiger partial charge on any atom is 0.516 e. The Morgan fingerprint density at radius 3 is 1.85 bits per heavy atom. The van der Waals surface area contributed by atoms with E-state index in [1.807, 2.05) is 13.1 Å². The molecular weight excluding hydrogens is 356 g/mol. The van der Waals surface area contributed by atoms with Gasteiger partial charge >= 0.3 is 18.1 Å². The Morgan fingerprint density at radius 1 is 0.923 bits per heavy atom. The van der Waals surface area contributed by atoms with Gasteiger partial charge in [-0.3, -0.25) is 9.59 Å². The minimum atomic E-state index is -2.25. The molecule has 0 N–H and O–H groups in total. The summed E-state index contributed by atoms with van der Waals surface area (Å²) in [6.45, 7) is 17.2. The zero-order valence-electron chi connectivity index (χ0n) is 17.6. The lowest BCUT2D eigenvalue weighted by Gasteiger charge is -2.39. The van der Waals surface area contributed by atoms with Crippen molar-refractivity contribution in [1.29, 1.82) is 0 Å². The van der Waals surface area contributed by atoms with Crippen molar-refractivity contribution in [2.24, 2.45) is 0 Å². The molecule has 0 bridgehead atoms. The number of hydrogen-bond donors (Lipinski definition) is 0. The molecule has 1 unspecified atom stereocenters. The molecule has 0 aromatic carbocycles. The summed E-state index contributed by atoms with van der Waals surface area (Å²) in [7, 11) is -2.25. The number of carbonyl (C=O) groups is 3. The van der Waals surface area contributed by atoms with Crippen molar-refractivity contribution in [2.75, 3.05) is 6.61 Å². The lowest BCUT2D eigenvalue weighted by Crippen LogP contribution is -2.45. The van der Waals surface area contributed by atoms with Crippen LogP contribution in [0.25, 0.3) is 0 Å². The predicted octanol–water partition coefficient (Wildman–Crippen LogP) is 4.20. The van der Waals surface area contributed by atoms with Crippen molar-refractivity contribution in [3.8, 4) is 0 Å². The first-order valence-electron chi connectivity index (χ1n) is 8.84. The normalized spacial score (nSPS) is 13.7. The molecule has 8 heteroatoms. The largest absolute Gasteiger partial charge is 0.516 e. The summed E-state index contributed by atoms with van der Waals surface area (Å²) >= 11 is 0. The number of hydrogen-bond acceptors (Lipinski definition) is 7. The maximum absolute atomic E-state index is 12.2. The van der Waals surface area contributed by atoms with Crippen LogP contribution < -0.4 is 0 Å². The molecule has 0 aliphatic rings. The first-order valence-corrected chi connectivity index (χ1v) is 11.8. The van der Waals surface area contributed by atoms with Crippen LogP contribution in [0.5, 0.6) is 0 Å². The molecule has 7 nitrogen and oxygen atoms in total. The van der Waals surface area contributed by atoms with E-state index in [2.05, 4.69) is 30.2 Å². The van der Waals surface area contributed by atoms with Crippen LogP contribution in [0, 0.1) is 0 Å². The van der Waals surface area contributed by atoms with Crippen molar-refractivity contribution >= 4 is 26.4 Å². The highest BCUT2D eigenvalue weighted by Gasteiger charge is 2.40. The van der Waals surface area contributed by atoms with Gasteiger partial charge in [-0.15, -0.1) is 0 Å². The van der Waals surface area contributed by atoms with E-state index in [0.717, 1.165) is 0 Å². The van der Waals surface area contributed by atoms with Gasteiger partial charge in [-0.2, -0.15) is 0 Å². The second-order valence-corrected chi connectivity index (χ2v) is 13.4. The fourth-order valence-corrected chi connectivity index (χ4v) is 3.14. The zero-order valence-corrected chi connectivity index (χ0v) is 18.6. The van der Waals surface area contributed by atoms with Crippen LogP contribution in [0.3, 0.4) is 0 Å². The van der Waals surface area contributed by atoms with Crippen molar-refractivity contribution in [3.63, 3.8) is 0 Å². The van der Waals surface area contributed by atoms with Crippen LogP contribution in [-0.4, -0.2) is 44.7 Å². The highest BCUT2D eigenvalue weighted by atomic mass is 28.4. The number of carbonyl (C=O) groups excluding carboxylic acids is 3. The Labute approximate surface area is 157 Å². The molecule has 0 saturated heterocycles. The minimum Gasteiger partial charge on any atom is -0.460 e. The predicted molar refractivity (Wildman–Crippen MR) is 100 cm³/mol. The molecule has 0 aromatic heterocycles. The Balaban J connectivity index is 5.13. The molecule has 26 heavy (non-hydrogen) atoms. The van der Waals surface area contributed by atoms with E-state index in [-0.39, 0.29) is 24.5 Å². The van der Waals surface area contributed by atoms with E-state index in [1.165, 1.54) is 0 Å². The maximum atomic E-state index is 12.2. The van der Waals surface area contributed by atoms with Crippen LogP contribution in [0.2, 0.25) is 18.1 Å². The molecule has 0 saturated carbocycles. The van der Waals surface area contributed by atoms with E-state index in [4.69, 9.17) is 9.16 Å². The molecule has 0 fully saturated rings. The van der Waals surface area contributed by atoms with E-state index >= 15 is 0 Å². The average Bonchev–Trinajstić information content (AvgIpc) is 2.33. The molecule has 0 radical (unpaired) electrons. The third kappa shape index (κ3) is 9.91. The summed E-state index contributed by atoms with van der Waals surface area (Å²) in [4.78, 5) is 35.5. The van der Waals surface area contributed by atoms with Gasteiger partial charge in [-0.25, -0.2) is 4.79 Å². The van der Waals surface area contributed by atoms with Crippen molar-refractivity contribution < 1.29 is 33.0 Å². The third-order valence-electron chi connectivity index (χ3n) is 3.94. The number of rotatable bonds is 7. The Hall–Kier alpha value is -1.41. The van der Waals surface area contributed by atoms with Gasteiger partial charge in [0.15, 0.2) is 8.32 Å². The molecule has 0 amide bonds. The second kappa shape index (κ2) is 9.50. The molecule has 0 aliphatic heterocycles. The van der Waals surface area contributed by atoms with Gasteiger partial charge in [0.1, 0.15) is 5.60 Å². The van der Waals surface area contributed by atoms with Crippen LogP contribution in [0.4, 0.5) is 4.79 Å². The quantitative estimate of drug-likeness (QED) is 0.366. The monoisotopic (exact) mass is 390 g/mol. The third-order valence-corrected chi connectivity index (χ3v) is 8.47. The summed E-state index contributed by atoms with van der Waals surface area (Å²) in [5.74, 6) is -1.26. The summed E-state index contributed by atoms with van der Waals surface area (Å²) in [5, 5.41) is -0.107. The molecular formula is C18H34O7Si. The SMILES string of the molecule is CCOC(=O)OC(=O)CC(CC(=O)OC(C)(C)C)O[Si](C)(C)C(C)(C)C. The van der Waals surface area contributed by atoms with Gasteiger partial charge in [-0.05, 0) is 45.8 Å². The van der Waals surface area contributed by atoms with E-state index in [1.54, 1.807) is 27.7 Å². The van der Waals surface area contributed by atoms with Gasteiger partial charge in [0.2, 0.25) is 0 Å². The van der Waals surface area contributed by atoms with Crippen LogP contribution in [0.15, 0.2) is 0 Å². The minimum absolute atomic E-state index is 0.0955. The summed E-state index contributed by atoms with van der Waals surface area (Å²) in [6, 6.07) is 0. The first kappa shape index (κ1) is 24.6.